The van der Waals surface area contributed by atoms with Crippen molar-refractivity contribution in [1.29, 1.82) is 0 Å². The van der Waals surface area contributed by atoms with Crippen LogP contribution in [0, 0.1) is 0 Å². The van der Waals surface area contributed by atoms with Crippen molar-refractivity contribution in [2.24, 2.45) is 0 Å². The molecule has 0 aromatic carbocycles. The Bertz CT molecular complexity index is 588. The molecule has 222 valence electrons. The SMILES string of the molecule is CCCCCCCCCCCCCCC/C=C/CCCCC[N+](CCC(=O)O)(CCC(=O)O)CCC(=O)O. The molecule has 7 nitrogen and oxygen atoms in total. The number of aliphatic carboxylic acids is 3. The van der Waals surface area contributed by atoms with Crippen LogP contribution in [0.1, 0.15) is 142 Å². The van der Waals surface area contributed by atoms with E-state index >= 15 is 0 Å². The van der Waals surface area contributed by atoms with Crippen LogP contribution < -0.4 is 0 Å². The quantitative estimate of drug-likeness (QED) is 0.0506. The molecule has 0 heterocycles. The van der Waals surface area contributed by atoms with Crippen molar-refractivity contribution >= 4 is 17.9 Å². The van der Waals surface area contributed by atoms with Gasteiger partial charge in [0, 0.05) is 0 Å². The molecular weight excluding hydrogens is 482 g/mol. The van der Waals surface area contributed by atoms with Crippen LogP contribution in [0.2, 0.25) is 0 Å². The van der Waals surface area contributed by atoms with E-state index < -0.39 is 17.9 Å². The van der Waals surface area contributed by atoms with Gasteiger partial charge < -0.3 is 19.8 Å². The maximum atomic E-state index is 11.1. The number of quaternary nitrogens is 1. The highest BCUT2D eigenvalue weighted by Gasteiger charge is 2.29. The fourth-order valence-electron chi connectivity index (χ4n) is 5.07. The van der Waals surface area contributed by atoms with E-state index in [0.717, 1.165) is 32.1 Å². The summed E-state index contributed by atoms with van der Waals surface area (Å²) in [7, 11) is 0. The lowest BCUT2D eigenvalue weighted by molar-refractivity contribution is -0.927. The van der Waals surface area contributed by atoms with E-state index in [1.165, 1.54) is 83.5 Å². The summed E-state index contributed by atoms with van der Waals surface area (Å²) in [6, 6.07) is 0. The van der Waals surface area contributed by atoms with E-state index in [1.54, 1.807) is 0 Å². The zero-order chi connectivity index (χ0) is 28.3. The van der Waals surface area contributed by atoms with E-state index in [1.807, 2.05) is 0 Å². The summed E-state index contributed by atoms with van der Waals surface area (Å²) >= 11 is 0. The molecule has 0 saturated carbocycles. The van der Waals surface area contributed by atoms with Gasteiger partial charge in [0.05, 0.1) is 45.4 Å². The maximum absolute atomic E-state index is 11.1. The first-order valence-electron chi connectivity index (χ1n) is 15.5. The maximum Gasteiger partial charge on any atom is 0.309 e. The molecular formula is C31H58NO6+. The Morgan fingerprint density at radius 1 is 0.474 bits per heavy atom. The van der Waals surface area contributed by atoms with Gasteiger partial charge in [-0.25, -0.2) is 0 Å². The van der Waals surface area contributed by atoms with Crippen molar-refractivity contribution in [1.82, 2.24) is 0 Å². The molecule has 0 aromatic rings. The summed E-state index contributed by atoms with van der Waals surface area (Å²) in [5.74, 6) is -2.81. The van der Waals surface area contributed by atoms with Crippen LogP contribution >= 0.6 is 0 Å². The Labute approximate surface area is 232 Å². The summed E-state index contributed by atoms with van der Waals surface area (Å²) in [5, 5.41) is 27.4. The third-order valence-corrected chi connectivity index (χ3v) is 7.54. The first-order valence-corrected chi connectivity index (χ1v) is 15.5. The van der Waals surface area contributed by atoms with Gasteiger partial charge >= 0.3 is 17.9 Å². The van der Waals surface area contributed by atoms with Crippen molar-refractivity contribution < 1.29 is 34.2 Å². The van der Waals surface area contributed by atoms with Crippen LogP contribution in [-0.2, 0) is 14.4 Å². The monoisotopic (exact) mass is 540 g/mol. The molecule has 0 radical (unpaired) electrons. The summed E-state index contributed by atoms with van der Waals surface area (Å²) in [4.78, 5) is 33.4. The van der Waals surface area contributed by atoms with Gasteiger partial charge in [0.2, 0.25) is 0 Å². The molecule has 0 saturated heterocycles. The molecule has 0 spiro atoms. The molecule has 0 aromatic heterocycles. The first kappa shape index (κ1) is 36.1. The number of carbonyl (C=O) groups is 3. The first-order chi connectivity index (χ1) is 18.3. The molecule has 0 amide bonds. The lowest BCUT2D eigenvalue weighted by atomic mass is 10.0. The third-order valence-electron chi connectivity index (χ3n) is 7.54. The van der Waals surface area contributed by atoms with Gasteiger partial charge in [-0.1, -0.05) is 96.1 Å². The second-order valence-corrected chi connectivity index (χ2v) is 11.0. The number of rotatable bonds is 29. The van der Waals surface area contributed by atoms with Crippen LogP contribution in [0.25, 0.3) is 0 Å². The number of hydrogen-bond acceptors (Lipinski definition) is 3. The zero-order valence-corrected chi connectivity index (χ0v) is 24.3. The minimum atomic E-state index is -0.938. The predicted octanol–water partition coefficient (Wildman–Crippen LogP) is 7.83. The van der Waals surface area contributed by atoms with E-state index in [2.05, 4.69) is 19.1 Å². The Balaban J connectivity index is 3.95. The average molecular weight is 541 g/mol. The van der Waals surface area contributed by atoms with Crippen LogP contribution in [0.3, 0.4) is 0 Å². The smallest absolute Gasteiger partial charge is 0.309 e. The number of carboxylic acid groups (broad SMARTS) is 3. The Morgan fingerprint density at radius 2 is 0.789 bits per heavy atom. The normalized spacial score (nSPS) is 11.8. The molecule has 7 heteroatoms. The third kappa shape index (κ3) is 24.4. The van der Waals surface area contributed by atoms with Gasteiger partial charge in [0.1, 0.15) is 0 Å². The molecule has 38 heavy (non-hydrogen) atoms. The van der Waals surface area contributed by atoms with Gasteiger partial charge in [-0.05, 0) is 38.5 Å². The number of unbranched alkanes of at least 4 members (excludes halogenated alkanes) is 16. The Hall–Kier alpha value is -1.89. The van der Waals surface area contributed by atoms with Crippen molar-refractivity contribution in [2.45, 2.75) is 142 Å². The standard InChI is InChI=1S/C31H57NO6/c1-2-3-4-5-6-7-8-9-10-11-12-13-14-15-16-17-18-19-20-21-25-32(26-22-29(33)34,27-23-30(35)36)28-24-31(37)38/h16-17H,2-15,18-28H2,1H3,(H2-,33,34,35,36,37,38)/p+1/b17-16+. The van der Waals surface area contributed by atoms with E-state index in [4.69, 9.17) is 15.3 Å². The van der Waals surface area contributed by atoms with Gasteiger partial charge in [0.15, 0.2) is 0 Å². The van der Waals surface area contributed by atoms with Gasteiger partial charge in [-0.15, -0.1) is 0 Å². The lowest BCUT2D eigenvalue weighted by Crippen LogP contribution is -2.52. The van der Waals surface area contributed by atoms with Crippen LogP contribution in [0.4, 0.5) is 0 Å². The largest absolute Gasteiger partial charge is 0.481 e. The fourth-order valence-corrected chi connectivity index (χ4v) is 5.07. The van der Waals surface area contributed by atoms with Crippen LogP contribution in [-0.4, -0.2) is 63.9 Å². The highest BCUT2D eigenvalue weighted by molar-refractivity contribution is 5.67. The number of hydrogen-bond donors (Lipinski definition) is 3. The topological polar surface area (TPSA) is 112 Å². The van der Waals surface area contributed by atoms with Crippen molar-refractivity contribution in [3.8, 4) is 0 Å². The lowest BCUT2D eigenvalue weighted by Gasteiger charge is -2.38. The number of allylic oxidation sites excluding steroid dienone is 2. The molecule has 0 unspecified atom stereocenters. The molecule has 0 fully saturated rings. The minimum Gasteiger partial charge on any atom is -0.481 e. The molecule has 0 aliphatic rings. The van der Waals surface area contributed by atoms with Crippen LogP contribution in [0.5, 0.6) is 0 Å². The van der Waals surface area contributed by atoms with Crippen molar-refractivity contribution in [3.05, 3.63) is 12.2 Å². The fraction of sp³-hybridized carbons (Fsp3) is 0.839. The molecule has 0 bridgehead atoms. The van der Waals surface area contributed by atoms with Crippen molar-refractivity contribution in [3.63, 3.8) is 0 Å². The molecule has 0 aliphatic heterocycles. The summed E-state index contributed by atoms with van der Waals surface area (Å²) in [6.45, 7) is 3.71. The minimum absolute atomic E-state index is 0.0822. The molecule has 0 atom stereocenters. The molecule has 0 rings (SSSR count). The summed E-state index contributed by atoms with van der Waals surface area (Å²) in [6.07, 6.45) is 27.1. The summed E-state index contributed by atoms with van der Waals surface area (Å²) < 4.78 is 0.250. The van der Waals surface area contributed by atoms with Crippen molar-refractivity contribution in [2.75, 3.05) is 26.2 Å². The number of carboxylic acids is 3. The second-order valence-electron chi connectivity index (χ2n) is 11.0. The van der Waals surface area contributed by atoms with E-state index in [-0.39, 0.29) is 43.4 Å². The van der Waals surface area contributed by atoms with Gasteiger partial charge in [0.25, 0.3) is 0 Å². The zero-order valence-electron chi connectivity index (χ0n) is 24.3. The average Bonchev–Trinajstić information content (AvgIpc) is 2.88. The Morgan fingerprint density at radius 3 is 1.13 bits per heavy atom. The van der Waals surface area contributed by atoms with Crippen LogP contribution in [0.15, 0.2) is 12.2 Å². The molecule has 3 N–H and O–H groups in total. The van der Waals surface area contributed by atoms with Gasteiger partial charge in [-0.3, -0.25) is 14.4 Å². The highest BCUT2D eigenvalue weighted by Crippen LogP contribution is 2.16. The molecule has 0 aliphatic carbocycles. The summed E-state index contributed by atoms with van der Waals surface area (Å²) in [5.41, 5.74) is 0. The van der Waals surface area contributed by atoms with E-state index in [0.29, 0.717) is 6.54 Å². The highest BCUT2D eigenvalue weighted by atomic mass is 16.4. The number of nitrogens with zero attached hydrogens (tertiary/aromatic N) is 1. The predicted molar refractivity (Wildman–Crippen MR) is 154 cm³/mol. The van der Waals surface area contributed by atoms with Gasteiger partial charge in [-0.2, -0.15) is 0 Å². The Kier molecular flexibility index (Phi) is 24.1. The second kappa shape index (κ2) is 25.4. The van der Waals surface area contributed by atoms with E-state index in [9.17, 15) is 14.4 Å².